The van der Waals surface area contributed by atoms with Gasteiger partial charge in [0.05, 0.1) is 6.04 Å². The minimum absolute atomic E-state index is 0.00605. The highest BCUT2D eigenvalue weighted by molar-refractivity contribution is 5.94. The van der Waals surface area contributed by atoms with Gasteiger partial charge in [0, 0.05) is 12.8 Å². The van der Waals surface area contributed by atoms with Gasteiger partial charge in [-0.25, -0.2) is 0 Å². The summed E-state index contributed by atoms with van der Waals surface area (Å²) < 4.78 is 0. The SMILES string of the molecule is CCC(C)C(N)C(=O)NC(CCC(N)=O)C(=O)NC(Cc1ccc(O)cc1)C(=O)NCC(=O)O. The Labute approximate surface area is 197 Å². The highest BCUT2D eigenvalue weighted by atomic mass is 16.4. The van der Waals surface area contributed by atoms with E-state index in [4.69, 9.17) is 16.6 Å². The largest absolute Gasteiger partial charge is 0.508 e. The summed E-state index contributed by atoms with van der Waals surface area (Å²) >= 11 is 0. The summed E-state index contributed by atoms with van der Waals surface area (Å²) in [5.74, 6) is -4.23. The first kappa shape index (κ1) is 28.4. The molecule has 0 radical (unpaired) electrons. The van der Waals surface area contributed by atoms with Crippen LogP contribution in [0.2, 0.25) is 0 Å². The van der Waals surface area contributed by atoms with Crippen LogP contribution in [0.15, 0.2) is 24.3 Å². The summed E-state index contributed by atoms with van der Waals surface area (Å²) in [6, 6.07) is 2.58. The Kier molecular flexibility index (Phi) is 11.5. The van der Waals surface area contributed by atoms with Crippen molar-refractivity contribution in [2.45, 2.75) is 57.7 Å². The molecule has 1 aromatic rings. The van der Waals surface area contributed by atoms with Crippen LogP contribution < -0.4 is 27.4 Å². The van der Waals surface area contributed by atoms with E-state index in [2.05, 4.69) is 16.0 Å². The minimum Gasteiger partial charge on any atom is -0.508 e. The smallest absolute Gasteiger partial charge is 0.322 e. The van der Waals surface area contributed by atoms with Crippen molar-refractivity contribution in [1.29, 1.82) is 0 Å². The van der Waals surface area contributed by atoms with E-state index < -0.39 is 54.3 Å². The molecule has 4 atom stereocenters. The second-order valence-corrected chi connectivity index (χ2v) is 8.02. The van der Waals surface area contributed by atoms with Crippen LogP contribution in [0.4, 0.5) is 0 Å². The molecule has 4 amide bonds. The molecular formula is C22H33N5O7. The second-order valence-electron chi connectivity index (χ2n) is 8.02. The standard InChI is InChI=1S/C22H33N5O7/c1-3-12(2)19(24)22(34)26-15(8-9-17(23)29)21(33)27-16(20(32)25-11-18(30)31)10-13-4-6-14(28)7-5-13/h4-7,12,15-16,19,28H,3,8-11,24H2,1-2H3,(H2,23,29)(H,25,32)(H,26,34)(H,27,33)(H,30,31). The summed E-state index contributed by atoms with van der Waals surface area (Å²) in [5.41, 5.74) is 11.7. The zero-order chi connectivity index (χ0) is 25.8. The predicted octanol–water partition coefficient (Wildman–Crippen LogP) is -1.26. The number of aromatic hydroxyl groups is 1. The molecule has 12 nitrogen and oxygen atoms in total. The van der Waals surface area contributed by atoms with Crippen molar-refractivity contribution < 1.29 is 34.2 Å². The van der Waals surface area contributed by atoms with Crippen molar-refractivity contribution in [3.05, 3.63) is 29.8 Å². The lowest BCUT2D eigenvalue weighted by Gasteiger charge is -2.25. The quantitative estimate of drug-likeness (QED) is 0.171. The van der Waals surface area contributed by atoms with Crippen LogP contribution in [-0.4, -0.2) is 64.5 Å². The normalized spacial score (nSPS) is 14.2. The molecular weight excluding hydrogens is 446 g/mol. The van der Waals surface area contributed by atoms with Crippen molar-refractivity contribution >= 4 is 29.6 Å². The maximum atomic E-state index is 13.0. The predicted molar refractivity (Wildman–Crippen MR) is 122 cm³/mol. The molecule has 0 aliphatic rings. The number of rotatable bonds is 14. The number of primary amides is 1. The average Bonchev–Trinajstić information content (AvgIpc) is 2.79. The summed E-state index contributed by atoms with van der Waals surface area (Å²) in [4.78, 5) is 60.2. The first-order valence-electron chi connectivity index (χ1n) is 10.9. The van der Waals surface area contributed by atoms with Gasteiger partial charge in [-0.3, -0.25) is 24.0 Å². The highest BCUT2D eigenvalue weighted by Gasteiger charge is 2.29. The minimum atomic E-state index is -1.27. The van der Waals surface area contributed by atoms with Crippen LogP contribution in [0.5, 0.6) is 5.75 Å². The fraction of sp³-hybridized carbons (Fsp3) is 0.500. The van der Waals surface area contributed by atoms with Crippen LogP contribution in [0.3, 0.4) is 0 Å². The Morgan fingerprint density at radius 1 is 0.971 bits per heavy atom. The third kappa shape index (κ3) is 9.86. The van der Waals surface area contributed by atoms with Crippen molar-refractivity contribution in [1.82, 2.24) is 16.0 Å². The zero-order valence-electron chi connectivity index (χ0n) is 19.2. The molecule has 0 saturated heterocycles. The van der Waals surface area contributed by atoms with Crippen molar-refractivity contribution in [3.63, 3.8) is 0 Å². The van der Waals surface area contributed by atoms with Crippen LogP contribution in [0, 0.1) is 5.92 Å². The molecule has 1 aromatic carbocycles. The number of nitrogens with two attached hydrogens (primary N) is 2. The van der Waals surface area contributed by atoms with Gasteiger partial charge in [0.2, 0.25) is 23.6 Å². The molecule has 34 heavy (non-hydrogen) atoms. The Hall–Kier alpha value is -3.67. The van der Waals surface area contributed by atoms with E-state index in [-0.39, 0.29) is 30.9 Å². The topological polar surface area (TPSA) is 214 Å². The van der Waals surface area contributed by atoms with Gasteiger partial charge in [-0.2, -0.15) is 0 Å². The molecule has 4 unspecified atom stereocenters. The fourth-order valence-corrected chi connectivity index (χ4v) is 2.97. The number of carboxylic acid groups (broad SMARTS) is 1. The summed E-state index contributed by atoms with van der Waals surface area (Å²) in [5, 5.41) is 25.5. The Morgan fingerprint density at radius 2 is 1.56 bits per heavy atom. The number of phenolic OH excluding ortho intramolecular Hbond substituents is 1. The van der Waals surface area contributed by atoms with E-state index in [1.165, 1.54) is 24.3 Å². The average molecular weight is 480 g/mol. The van der Waals surface area contributed by atoms with E-state index in [1.807, 2.05) is 6.92 Å². The monoisotopic (exact) mass is 479 g/mol. The molecule has 0 fully saturated rings. The number of phenols is 1. The summed E-state index contributed by atoms with van der Waals surface area (Å²) in [6.07, 6.45) is 0.277. The summed E-state index contributed by atoms with van der Waals surface area (Å²) in [6.45, 7) is 2.98. The van der Waals surface area contributed by atoms with Gasteiger partial charge in [-0.1, -0.05) is 32.4 Å². The third-order valence-corrected chi connectivity index (χ3v) is 5.30. The molecule has 0 saturated carbocycles. The molecule has 0 heterocycles. The lowest BCUT2D eigenvalue weighted by molar-refractivity contribution is -0.138. The number of hydrogen-bond acceptors (Lipinski definition) is 7. The van der Waals surface area contributed by atoms with Gasteiger partial charge in [0.1, 0.15) is 24.4 Å². The number of hydrogen-bond donors (Lipinski definition) is 7. The molecule has 1 rings (SSSR count). The lowest BCUT2D eigenvalue weighted by atomic mass is 9.98. The fourth-order valence-electron chi connectivity index (χ4n) is 2.97. The second kappa shape index (κ2) is 13.8. The van der Waals surface area contributed by atoms with Gasteiger partial charge < -0.3 is 37.6 Å². The van der Waals surface area contributed by atoms with Crippen LogP contribution in [0.25, 0.3) is 0 Å². The van der Waals surface area contributed by atoms with E-state index >= 15 is 0 Å². The van der Waals surface area contributed by atoms with E-state index in [9.17, 15) is 29.1 Å². The number of carbonyl (C=O) groups excluding carboxylic acids is 4. The Balaban J connectivity index is 3.06. The van der Waals surface area contributed by atoms with E-state index in [0.717, 1.165) is 0 Å². The van der Waals surface area contributed by atoms with Gasteiger partial charge in [0.15, 0.2) is 0 Å². The first-order chi connectivity index (χ1) is 15.9. The molecule has 0 bridgehead atoms. The number of aliphatic carboxylic acids is 1. The van der Waals surface area contributed by atoms with Gasteiger partial charge in [0.25, 0.3) is 0 Å². The number of benzene rings is 1. The zero-order valence-corrected chi connectivity index (χ0v) is 19.2. The molecule has 9 N–H and O–H groups in total. The lowest BCUT2D eigenvalue weighted by Crippen LogP contribution is -2.57. The van der Waals surface area contributed by atoms with Crippen LogP contribution in [0.1, 0.15) is 38.7 Å². The number of carbonyl (C=O) groups is 5. The molecule has 0 spiro atoms. The number of carboxylic acids is 1. The maximum absolute atomic E-state index is 13.0. The van der Waals surface area contributed by atoms with Gasteiger partial charge in [-0.05, 0) is 30.0 Å². The van der Waals surface area contributed by atoms with Crippen LogP contribution >= 0.6 is 0 Å². The van der Waals surface area contributed by atoms with E-state index in [1.54, 1.807) is 6.92 Å². The summed E-state index contributed by atoms with van der Waals surface area (Å²) in [7, 11) is 0. The van der Waals surface area contributed by atoms with Crippen molar-refractivity contribution in [2.75, 3.05) is 6.54 Å². The molecule has 12 heteroatoms. The first-order valence-corrected chi connectivity index (χ1v) is 10.9. The highest BCUT2D eigenvalue weighted by Crippen LogP contribution is 2.12. The molecule has 0 aliphatic carbocycles. The van der Waals surface area contributed by atoms with Gasteiger partial charge in [-0.15, -0.1) is 0 Å². The van der Waals surface area contributed by atoms with Crippen LogP contribution in [-0.2, 0) is 30.4 Å². The van der Waals surface area contributed by atoms with Crippen molar-refractivity contribution in [2.24, 2.45) is 17.4 Å². The molecule has 0 aliphatic heterocycles. The Bertz CT molecular complexity index is 875. The maximum Gasteiger partial charge on any atom is 0.322 e. The molecule has 188 valence electrons. The number of nitrogens with one attached hydrogen (secondary N) is 3. The molecule has 0 aromatic heterocycles. The number of amides is 4. The third-order valence-electron chi connectivity index (χ3n) is 5.30. The van der Waals surface area contributed by atoms with Gasteiger partial charge >= 0.3 is 5.97 Å². The van der Waals surface area contributed by atoms with E-state index in [0.29, 0.717) is 12.0 Å². The Morgan fingerprint density at radius 3 is 2.09 bits per heavy atom. The van der Waals surface area contributed by atoms with Crippen molar-refractivity contribution in [3.8, 4) is 5.75 Å².